The molecule has 0 unspecified atom stereocenters. The molecule has 130 valence electrons. The van der Waals surface area contributed by atoms with Gasteiger partial charge in [0, 0.05) is 25.3 Å². The fourth-order valence-corrected chi connectivity index (χ4v) is 2.10. The van der Waals surface area contributed by atoms with Crippen molar-refractivity contribution in [2.45, 2.75) is 0 Å². The van der Waals surface area contributed by atoms with Crippen LogP contribution in [0.2, 0.25) is 0 Å². The maximum absolute atomic E-state index is 13.2. The third-order valence-electron chi connectivity index (χ3n) is 3.43. The average Bonchev–Trinajstić information content (AvgIpc) is 2.60. The minimum Gasteiger partial charge on any atom is -0.378 e. The summed E-state index contributed by atoms with van der Waals surface area (Å²) in [5.74, 6) is 3.35. The number of carbonyl (C=O) groups excluding carboxylic acids is 2. The largest absolute Gasteiger partial charge is 0.378 e. The summed E-state index contributed by atoms with van der Waals surface area (Å²) in [6.45, 7) is 0. The number of hydrogen-bond acceptors (Lipinski definition) is 4. The molecule has 0 aliphatic heterocycles. The Morgan fingerprint density at radius 1 is 1.12 bits per heavy atom. The Morgan fingerprint density at radius 2 is 1.80 bits per heavy atom. The van der Waals surface area contributed by atoms with Gasteiger partial charge in [0.2, 0.25) is 0 Å². The number of benzene rings is 2. The van der Waals surface area contributed by atoms with E-state index in [0.29, 0.717) is 5.56 Å². The lowest BCUT2D eigenvalue weighted by Crippen LogP contribution is -2.38. The molecule has 0 saturated carbocycles. The van der Waals surface area contributed by atoms with Crippen LogP contribution in [0.5, 0.6) is 0 Å². The van der Waals surface area contributed by atoms with Gasteiger partial charge in [0.1, 0.15) is 11.5 Å². The Hall–Kier alpha value is -3.19. The zero-order valence-corrected chi connectivity index (χ0v) is 13.9. The topological polar surface area (TPSA) is 87.5 Å². The Labute approximate surface area is 145 Å². The minimum absolute atomic E-state index is 0.0469. The first-order valence-electron chi connectivity index (χ1n) is 7.47. The van der Waals surface area contributed by atoms with Gasteiger partial charge in [0.05, 0.1) is 0 Å². The predicted octanol–water partition coefficient (Wildman–Crippen LogP) is 1.65. The highest BCUT2D eigenvalue weighted by Gasteiger charge is 2.14. The first-order valence-corrected chi connectivity index (χ1v) is 7.47. The highest BCUT2D eigenvalue weighted by molar-refractivity contribution is 6.05. The second-order valence-corrected chi connectivity index (χ2v) is 5.48. The van der Waals surface area contributed by atoms with Crippen molar-refractivity contribution in [3.8, 4) is 0 Å². The molecule has 2 aromatic rings. The van der Waals surface area contributed by atoms with E-state index < -0.39 is 17.6 Å². The zero-order chi connectivity index (χ0) is 18.4. The van der Waals surface area contributed by atoms with Crippen molar-refractivity contribution < 1.29 is 14.0 Å². The van der Waals surface area contributed by atoms with E-state index in [1.54, 1.807) is 12.1 Å². The van der Waals surface area contributed by atoms with Gasteiger partial charge in [-0.25, -0.2) is 10.2 Å². The van der Waals surface area contributed by atoms with Gasteiger partial charge in [-0.15, -0.1) is 0 Å². The molecule has 2 amide bonds. The van der Waals surface area contributed by atoms with Crippen LogP contribution in [0.3, 0.4) is 0 Å². The molecule has 0 fully saturated rings. The fraction of sp³-hybridized carbons (Fsp3) is 0.111. The number of hydrazine groups is 1. The van der Waals surface area contributed by atoms with Gasteiger partial charge < -0.3 is 10.2 Å². The molecular weight excluding hydrogens is 323 g/mol. The number of nitrogens with one attached hydrogen (secondary N) is 2. The van der Waals surface area contributed by atoms with Crippen molar-refractivity contribution in [3.05, 3.63) is 71.2 Å². The molecule has 0 radical (unpaired) electrons. The molecule has 0 bridgehead atoms. The van der Waals surface area contributed by atoms with E-state index in [1.165, 1.54) is 24.3 Å². The number of rotatable bonds is 5. The molecule has 25 heavy (non-hydrogen) atoms. The van der Waals surface area contributed by atoms with E-state index in [4.69, 9.17) is 5.84 Å². The molecule has 0 aromatic heterocycles. The van der Waals surface area contributed by atoms with Crippen LogP contribution in [0, 0.1) is 5.82 Å². The lowest BCUT2D eigenvalue weighted by Gasteiger charge is -2.12. The number of nitrogens with zero attached hydrogens (tertiary/aromatic N) is 1. The smallest absolute Gasteiger partial charge is 0.281 e. The van der Waals surface area contributed by atoms with Crippen molar-refractivity contribution in [2.75, 3.05) is 19.0 Å². The number of hydrogen-bond donors (Lipinski definition) is 3. The maximum atomic E-state index is 13.2. The summed E-state index contributed by atoms with van der Waals surface area (Å²) < 4.78 is 13.2. The fourth-order valence-electron chi connectivity index (χ4n) is 2.10. The van der Waals surface area contributed by atoms with Gasteiger partial charge in [0.15, 0.2) is 0 Å². The van der Waals surface area contributed by atoms with Crippen molar-refractivity contribution in [1.82, 2.24) is 10.7 Å². The Balaban J connectivity index is 2.26. The molecule has 7 heteroatoms. The minimum atomic E-state index is -0.665. The van der Waals surface area contributed by atoms with E-state index in [2.05, 4.69) is 5.32 Å². The first kappa shape index (κ1) is 18.2. The van der Waals surface area contributed by atoms with Crippen LogP contribution in [0.15, 0.2) is 54.2 Å². The number of halogens is 1. The van der Waals surface area contributed by atoms with Gasteiger partial charge >= 0.3 is 0 Å². The number of nitrogens with two attached hydrogens (primary N) is 1. The van der Waals surface area contributed by atoms with Crippen LogP contribution in [-0.4, -0.2) is 25.9 Å². The molecular formula is C18H19FN4O2. The molecule has 6 nitrogen and oxygen atoms in total. The van der Waals surface area contributed by atoms with Crippen LogP contribution in [0.25, 0.3) is 6.08 Å². The monoisotopic (exact) mass is 342 g/mol. The summed E-state index contributed by atoms with van der Waals surface area (Å²) in [4.78, 5) is 26.1. The second kappa shape index (κ2) is 8.07. The molecule has 4 N–H and O–H groups in total. The number of amides is 2. The van der Waals surface area contributed by atoms with Gasteiger partial charge in [-0.3, -0.25) is 15.0 Å². The summed E-state index contributed by atoms with van der Waals surface area (Å²) in [6.07, 6.45) is 1.48. The first-order chi connectivity index (χ1) is 11.9. The van der Waals surface area contributed by atoms with Crippen molar-refractivity contribution in [1.29, 1.82) is 0 Å². The molecule has 2 rings (SSSR count). The summed E-state index contributed by atoms with van der Waals surface area (Å²) in [6, 6.07) is 12.5. The molecule has 0 atom stereocenters. The van der Waals surface area contributed by atoms with Gasteiger partial charge in [0.25, 0.3) is 11.8 Å². The molecule has 0 heterocycles. The van der Waals surface area contributed by atoms with Crippen molar-refractivity contribution in [2.24, 2.45) is 5.84 Å². The molecule has 0 aliphatic carbocycles. The van der Waals surface area contributed by atoms with Crippen LogP contribution in [-0.2, 0) is 4.79 Å². The van der Waals surface area contributed by atoms with E-state index >= 15 is 0 Å². The molecule has 0 spiro atoms. The van der Waals surface area contributed by atoms with Crippen LogP contribution in [0.1, 0.15) is 15.9 Å². The van der Waals surface area contributed by atoms with E-state index in [0.717, 1.165) is 11.8 Å². The third kappa shape index (κ3) is 4.89. The Kier molecular flexibility index (Phi) is 5.86. The lowest BCUT2D eigenvalue weighted by atomic mass is 10.1. The summed E-state index contributed by atoms with van der Waals surface area (Å²) >= 11 is 0. The molecule has 0 saturated heterocycles. The lowest BCUT2D eigenvalue weighted by molar-refractivity contribution is -0.117. The zero-order valence-electron chi connectivity index (χ0n) is 13.9. The average molecular weight is 342 g/mol. The third-order valence-corrected chi connectivity index (χ3v) is 3.43. The standard InChI is InChI=1S/C18H19FN4O2/c1-23(2)15-8-6-12(7-9-15)10-16(18(25)22-20)21-17(24)13-4-3-5-14(19)11-13/h3-11H,20H2,1-2H3,(H,21,24)(H,22,25)/b16-10-. The van der Waals surface area contributed by atoms with Gasteiger partial charge in [-0.1, -0.05) is 18.2 Å². The Morgan fingerprint density at radius 3 is 2.36 bits per heavy atom. The van der Waals surface area contributed by atoms with E-state index in [9.17, 15) is 14.0 Å². The van der Waals surface area contributed by atoms with E-state index in [-0.39, 0.29) is 11.3 Å². The molecule has 2 aromatic carbocycles. The summed E-state index contributed by atoms with van der Waals surface area (Å²) in [5.41, 5.74) is 3.72. The maximum Gasteiger partial charge on any atom is 0.281 e. The van der Waals surface area contributed by atoms with E-state index in [1.807, 2.05) is 36.6 Å². The number of anilines is 1. The normalized spacial score (nSPS) is 11.0. The second-order valence-electron chi connectivity index (χ2n) is 5.48. The van der Waals surface area contributed by atoms with Crippen LogP contribution < -0.4 is 21.5 Å². The van der Waals surface area contributed by atoms with Crippen molar-refractivity contribution in [3.63, 3.8) is 0 Å². The summed E-state index contributed by atoms with van der Waals surface area (Å²) in [7, 11) is 3.83. The highest BCUT2D eigenvalue weighted by Crippen LogP contribution is 2.14. The van der Waals surface area contributed by atoms with Crippen molar-refractivity contribution >= 4 is 23.6 Å². The Bertz CT molecular complexity index is 801. The number of carbonyl (C=O) groups is 2. The van der Waals surface area contributed by atoms with Gasteiger partial charge in [-0.2, -0.15) is 0 Å². The SMILES string of the molecule is CN(C)c1ccc(/C=C(\NC(=O)c2cccc(F)c2)C(=O)NN)cc1. The quantitative estimate of drug-likeness (QED) is 0.334. The van der Waals surface area contributed by atoms with Crippen LogP contribution in [0.4, 0.5) is 10.1 Å². The predicted molar refractivity (Wildman–Crippen MR) is 94.9 cm³/mol. The summed E-state index contributed by atoms with van der Waals surface area (Å²) in [5, 5.41) is 2.45. The van der Waals surface area contributed by atoms with Crippen LogP contribution >= 0.6 is 0 Å². The van der Waals surface area contributed by atoms with Gasteiger partial charge in [-0.05, 0) is 42.0 Å². The highest BCUT2D eigenvalue weighted by atomic mass is 19.1. The molecule has 0 aliphatic rings.